The second-order valence-corrected chi connectivity index (χ2v) is 4.69. The van der Waals surface area contributed by atoms with Crippen molar-refractivity contribution in [2.45, 2.75) is 40.0 Å². The Labute approximate surface area is 79.6 Å². The van der Waals surface area contributed by atoms with Crippen LogP contribution in [0.25, 0.3) is 0 Å². The molecule has 12 heavy (non-hydrogen) atoms. The standard InChI is InChI=1S/C11H18S/c1-4-9(3)8-11-7-6-10(5-2)12-11/h6-7,9H,4-5,8H2,1-3H3. The third-order valence-corrected chi connectivity index (χ3v) is 3.56. The summed E-state index contributed by atoms with van der Waals surface area (Å²) in [5, 5.41) is 0. The fraction of sp³-hybridized carbons (Fsp3) is 0.636. The third-order valence-electron chi connectivity index (χ3n) is 2.31. The van der Waals surface area contributed by atoms with E-state index in [0.29, 0.717) is 0 Å². The van der Waals surface area contributed by atoms with Gasteiger partial charge in [0.05, 0.1) is 0 Å². The summed E-state index contributed by atoms with van der Waals surface area (Å²) in [5.74, 6) is 0.841. The monoisotopic (exact) mass is 182 g/mol. The van der Waals surface area contributed by atoms with Crippen molar-refractivity contribution >= 4 is 11.3 Å². The van der Waals surface area contributed by atoms with Crippen molar-refractivity contribution < 1.29 is 0 Å². The highest BCUT2D eigenvalue weighted by atomic mass is 32.1. The van der Waals surface area contributed by atoms with Gasteiger partial charge in [-0.2, -0.15) is 0 Å². The predicted molar refractivity (Wildman–Crippen MR) is 56.9 cm³/mol. The zero-order valence-electron chi connectivity index (χ0n) is 8.26. The molecule has 1 unspecified atom stereocenters. The van der Waals surface area contributed by atoms with E-state index in [-0.39, 0.29) is 0 Å². The quantitative estimate of drug-likeness (QED) is 0.662. The number of hydrogen-bond donors (Lipinski definition) is 0. The van der Waals surface area contributed by atoms with E-state index in [4.69, 9.17) is 0 Å². The second-order valence-electron chi connectivity index (χ2n) is 3.44. The number of aryl methyl sites for hydroxylation is 1. The Bertz CT molecular complexity index is 225. The predicted octanol–water partition coefficient (Wildman–Crippen LogP) is 3.90. The number of thiophene rings is 1. The highest BCUT2D eigenvalue weighted by molar-refractivity contribution is 7.11. The van der Waals surface area contributed by atoms with Gasteiger partial charge in [-0.1, -0.05) is 27.2 Å². The highest BCUT2D eigenvalue weighted by Gasteiger charge is 2.03. The van der Waals surface area contributed by atoms with Crippen molar-refractivity contribution in [3.05, 3.63) is 21.9 Å². The summed E-state index contributed by atoms with van der Waals surface area (Å²) in [7, 11) is 0. The third kappa shape index (κ3) is 2.63. The van der Waals surface area contributed by atoms with Crippen LogP contribution in [0.4, 0.5) is 0 Å². The Morgan fingerprint density at radius 1 is 1.25 bits per heavy atom. The van der Waals surface area contributed by atoms with Gasteiger partial charge in [0.1, 0.15) is 0 Å². The first-order valence-electron chi connectivity index (χ1n) is 4.83. The Kier molecular flexibility index (Phi) is 3.80. The van der Waals surface area contributed by atoms with Gasteiger partial charge in [-0.3, -0.25) is 0 Å². The lowest BCUT2D eigenvalue weighted by Gasteiger charge is -2.04. The van der Waals surface area contributed by atoms with Crippen LogP contribution in [-0.2, 0) is 12.8 Å². The van der Waals surface area contributed by atoms with Crippen molar-refractivity contribution in [1.29, 1.82) is 0 Å². The van der Waals surface area contributed by atoms with Crippen LogP contribution in [0.2, 0.25) is 0 Å². The van der Waals surface area contributed by atoms with Crippen LogP contribution in [0.1, 0.15) is 36.9 Å². The van der Waals surface area contributed by atoms with Crippen LogP contribution in [0.15, 0.2) is 12.1 Å². The first-order valence-corrected chi connectivity index (χ1v) is 5.65. The molecule has 0 aliphatic rings. The minimum absolute atomic E-state index is 0.841. The fourth-order valence-electron chi connectivity index (χ4n) is 1.21. The molecule has 1 atom stereocenters. The Morgan fingerprint density at radius 2 is 1.92 bits per heavy atom. The van der Waals surface area contributed by atoms with E-state index in [1.165, 1.54) is 24.1 Å². The van der Waals surface area contributed by atoms with Gasteiger partial charge in [-0.05, 0) is 30.9 Å². The summed E-state index contributed by atoms with van der Waals surface area (Å²) in [6, 6.07) is 4.55. The SMILES string of the molecule is CCc1ccc(CC(C)CC)s1. The van der Waals surface area contributed by atoms with Crippen LogP contribution in [0.5, 0.6) is 0 Å². The van der Waals surface area contributed by atoms with E-state index in [2.05, 4.69) is 32.9 Å². The van der Waals surface area contributed by atoms with E-state index in [1.54, 1.807) is 4.88 Å². The minimum Gasteiger partial charge on any atom is -0.145 e. The Balaban J connectivity index is 2.52. The molecule has 0 nitrogen and oxygen atoms in total. The summed E-state index contributed by atoms with van der Waals surface area (Å²) in [6.45, 7) is 6.81. The van der Waals surface area contributed by atoms with Gasteiger partial charge >= 0.3 is 0 Å². The maximum atomic E-state index is 2.32. The molecule has 0 radical (unpaired) electrons. The lowest BCUT2D eigenvalue weighted by molar-refractivity contribution is 0.565. The highest BCUT2D eigenvalue weighted by Crippen LogP contribution is 2.21. The van der Waals surface area contributed by atoms with Crippen molar-refractivity contribution in [3.8, 4) is 0 Å². The van der Waals surface area contributed by atoms with Gasteiger partial charge in [0.25, 0.3) is 0 Å². The maximum Gasteiger partial charge on any atom is 0.00508 e. The van der Waals surface area contributed by atoms with Gasteiger partial charge in [0.15, 0.2) is 0 Å². The summed E-state index contributed by atoms with van der Waals surface area (Å²) in [6.07, 6.45) is 3.74. The topological polar surface area (TPSA) is 0 Å². The van der Waals surface area contributed by atoms with Crippen LogP contribution in [0.3, 0.4) is 0 Å². The zero-order chi connectivity index (χ0) is 8.97. The largest absolute Gasteiger partial charge is 0.145 e. The van der Waals surface area contributed by atoms with Crippen molar-refractivity contribution in [2.75, 3.05) is 0 Å². The number of rotatable bonds is 4. The first kappa shape index (κ1) is 9.79. The Hall–Kier alpha value is -0.300. The van der Waals surface area contributed by atoms with E-state index in [9.17, 15) is 0 Å². The van der Waals surface area contributed by atoms with Crippen molar-refractivity contribution in [1.82, 2.24) is 0 Å². The van der Waals surface area contributed by atoms with Gasteiger partial charge in [0.2, 0.25) is 0 Å². The van der Waals surface area contributed by atoms with E-state index in [1.807, 2.05) is 11.3 Å². The molecule has 0 aliphatic carbocycles. The molecule has 1 heterocycles. The molecule has 0 saturated heterocycles. The van der Waals surface area contributed by atoms with Gasteiger partial charge in [0, 0.05) is 9.75 Å². The lowest BCUT2D eigenvalue weighted by Crippen LogP contribution is -1.94. The summed E-state index contributed by atoms with van der Waals surface area (Å²) < 4.78 is 0. The van der Waals surface area contributed by atoms with Crippen LogP contribution >= 0.6 is 11.3 Å². The molecule has 1 heteroatoms. The molecule has 0 N–H and O–H groups in total. The molecule has 0 aliphatic heterocycles. The van der Waals surface area contributed by atoms with Crippen molar-refractivity contribution in [2.24, 2.45) is 5.92 Å². The lowest BCUT2D eigenvalue weighted by atomic mass is 10.0. The second kappa shape index (κ2) is 4.66. The number of hydrogen-bond acceptors (Lipinski definition) is 1. The summed E-state index contributed by atoms with van der Waals surface area (Å²) in [4.78, 5) is 3.08. The molecular formula is C11H18S. The molecule has 0 spiro atoms. The normalized spacial score (nSPS) is 13.2. The van der Waals surface area contributed by atoms with Gasteiger partial charge < -0.3 is 0 Å². The molecular weight excluding hydrogens is 164 g/mol. The average Bonchev–Trinajstić information content (AvgIpc) is 2.52. The molecule has 1 rings (SSSR count). The Morgan fingerprint density at radius 3 is 2.42 bits per heavy atom. The van der Waals surface area contributed by atoms with Crippen LogP contribution in [-0.4, -0.2) is 0 Å². The van der Waals surface area contributed by atoms with Crippen molar-refractivity contribution in [3.63, 3.8) is 0 Å². The van der Waals surface area contributed by atoms with Crippen LogP contribution in [0, 0.1) is 5.92 Å². The first-order chi connectivity index (χ1) is 5.76. The average molecular weight is 182 g/mol. The molecule has 0 bridgehead atoms. The summed E-state index contributed by atoms with van der Waals surface area (Å²) >= 11 is 1.98. The molecule has 68 valence electrons. The summed E-state index contributed by atoms with van der Waals surface area (Å²) in [5.41, 5.74) is 0. The molecule has 1 aromatic heterocycles. The van der Waals surface area contributed by atoms with Crippen LogP contribution < -0.4 is 0 Å². The van der Waals surface area contributed by atoms with E-state index in [0.717, 1.165) is 5.92 Å². The smallest absolute Gasteiger partial charge is 0.00508 e. The minimum atomic E-state index is 0.841. The maximum absolute atomic E-state index is 2.32. The van der Waals surface area contributed by atoms with Gasteiger partial charge in [-0.25, -0.2) is 0 Å². The molecule has 0 aromatic carbocycles. The molecule has 0 fully saturated rings. The van der Waals surface area contributed by atoms with E-state index >= 15 is 0 Å². The van der Waals surface area contributed by atoms with Gasteiger partial charge in [-0.15, -0.1) is 11.3 Å². The molecule has 0 saturated carbocycles. The van der Waals surface area contributed by atoms with E-state index < -0.39 is 0 Å². The zero-order valence-corrected chi connectivity index (χ0v) is 9.08. The molecule has 1 aromatic rings. The fourth-order valence-corrected chi connectivity index (χ4v) is 2.33. The molecule has 0 amide bonds.